The number of rotatable bonds is 4. The van der Waals surface area contributed by atoms with Crippen molar-refractivity contribution in [1.82, 2.24) is 0 Å². The van der Waals surface area contributed by atoms with E-state index in [1.54, 1.807) is 12.1 Å². The van der Waals surface area contributed by atoms with Crippen LogP contribution >= 0.6 is 0 Å². The van der Waals surface area contributed by atoms with E-state index in [-0.39, 0.29) is 5.76 Å². The maximum absolute atomic E-state index is 12.6. The summed E-state index contributed by atoms with van der Waals surface area (Å²) in [7, 11) is 1.53. The van der Waals surface area contributed by atoms with Crippen LogP contribution in [0.5, 0.6) is 5.75 Å². The molecule has 6 nitrogen and oxygen atoms in total. The van der Waals surface area contributed by atoms with Crippen LogP contribution in [-0.4, -0.2) is 25.1 Å². The zero-order valence-corrected chi connectivity index (χ0v) is 14.1. The number of hydrogen-bond donors (Lipinski definition) is 1. The van der Waals surface area contributed by atoms with Gasteiger partial charge in [-0.15, -0.1) is 0 Å². The molecule has 0 saturated carbocycles. The first-order valence-electron chi connectivity index (χ1n) is 8.23. The summed E-state index contributed by atoms with van der Waals surface area (Å²) in [5.74, 6) is -1.21. The van der Waals surface area contributed by atoms with Crippen molar-refractivity contribution in [2.75, 3.05) is 7.11 Å². The van der Waals surface area contributed by atoms with E-state index in [0.717, 1.165) is 16.5 Å². The van der Waals surface area contributed by atoms with E-state index in [0.29, 0.717) is 17.8 Å². The predicted octanol–water partition coefficient (Wildman–Crippen LogP) is 2.79. The second-order valence-electron chi connectivity index (χ2n) is 6.22. The number of fused-ring (bicyclic) bond motifs is 2. The number of para-hydroxylation sites is 1. The second-order valence-corrected chi connectivity index (χ2v) is 6.22. The third-order valence-corrected chi connectivity index (χ3v) is 4.68. The Labute approximate surface area is 149 Å². The van der Waals surface area contributed by atoms with Gasteiger partial charge in [0.1, 0.15) is 12.0 Å². The summed E-state index contributed by atoms with van der Waals surface area (Å²) in [6.07, 6.45) is -0.202. The highest BCUT2D eigenvalue weighted by atomic mass is 16.6. The van der Waals surface area contributed by atoms with Crippen LogP contribution in [-0.2, 0) is 16.0 Å². The number of methoxy groups -OCH3 is 1. The molecule has 0 fully saturated rings. The lowest BCUT2D eigenvalue weighted by Crippen LogP contribution is -2.32. The number of nitrogens with two attached hydrogens (primary N) is 1. The maximum Gasteiger partial charge on any atom is 0.374 e. The first kappa shape index (κ1) is 16.2. The third-order valence-electron chi connectivity index (χ3n) is 4.68. The van der Waals surface area contributed by atoms with E-state index in [4.69, 9.17) is 19.6 Å². The number of carbonyl (C=O) groups is 2. The van der Waals surface area contributed by atoms with Crippen LogP contribution in [0.1, 0.15) is 27.6 Å². The Hall–Kier alpha value is -3.28. The highest BCUT2D eigenvalue weighted by molar-refractivity contribution is 5.95. The fourth-order valence-electron chi connectivity index (χ4n) is 3.50. The molecular weight excluding hydrogens is 334 g/mol. The van der Waals surface area contributed by atoms with Crippen molar-refractivity contribution in [3.63, 3.8) is 0 Å². The third kappa shape index (κ3) is 2.60. The van der Waals surface area contributed by atoms with E-state index >= 15 is 0 Å². The van der Waals surface area contributed by atoms with Crippen molar-refractivity contribution in [2.45, 2.75) is 18.4 Å². The zero-order valence-electron chi connectivity index (χ0n) is 14.1. The van der Waals surface area contributed by atoms with Gasteiger partial charge in [-0.05, 0) is 23.3 Å². The number of carbonyl (C=O) groups excluding carboxylic acids is 2. The summed E-state index contributed by atoms with van der Waals surface area (Å²) in [6, 6.07) is 14.4. The Morgan fingerprint density at radius 2 is 1.96 bits per heavy atom. The van der Waals surface area contributed by atoms with Crippen molar-refractivity contribution in [3.8, 4) is 5.75 Å². The molecule has 1 aromatic heterocycles. The molecule has 2 aromatic carbocycles. The summed E-state index contributed by atoms with van der Waals surface area (Å²) in [6.45, 7) is 0. The number of ether oxygens (including phenoxy) is 2. The van der Waals surface area contributed by atoms with Gasteiger partial charge in [0, 0.05) is 11.8 Å². The molecule has 1 amide bonds. The molecule has 0 spiro atoms. The highest BCUT2D eigenvalue weighted by Gasteiger charge is 2.39. The number of hydrogen-bond acceptors (Lipinski definition) is 5. The monoisotopic (exact) mass is 351 g/mol. The number of benzene rings is 2. The van der Waals surface area contributed by atoms with Crippen LogP contribution < -0.4 is 10.5 Å². The van der Waals surface area contributed by atoms with E-state index in [9.17, 15) is 9.59 Å². The average Bonchev–Trinajstić information content (AvgIpc) is 3.22. The molecule has 26 heavy (non-hydrogen) atoms. The van der Waals surface area contributed by atoms with Crippen molar-refractivity contribution in [1.29, 1.82) is 0 Å². The van der Waals surface area contributed by atoms with E-state index in [1.165, 1.54) is 7.11 Å². The SMILES string of the molecule is COc1cccc2cc(C(=O)OC3Cc4ccccc4C3C(N)=O)oc12. The highest BCUT2D eigenvalue weighted by Crippen LogP contribution is 2.36. The van der Waals surface area contributed by atoms with Crippen LogP contribution in [0.15, 0.2) is 52.9 Å². The maximum atomic E-state index is 12.6. The van der Waals surface area contributed by atoms with Crippen LogP contribution in [0.25, 0.3) is 11.0 Å². The lowest BCUT2D eigenvalue weighted by Gasteiger charge is -2.17. The Morgan fingerprint density at radius 1 is 1.15 bits per heavy atom. The van der Waals surface area contributed by atoms with Gasteiger partial charge in [0.05, 0.1) is 7.11 Å². The summed E-state index contributed by atoms with van der Waals surface area (Å²) in [5, 5.41) is 0.734. The first-order valence-corrected chi connectivity index (χ1v) is 8.23. The minimum Gasteiger partial charge on any atom is -0.493 e. The smallest absolute Gasteiger partial charge is 0.374 e. The van der Waals surface area contributed by atoms with Gasteiger partial charge in [0.15, 0.2) is 11.3 Å². The van der Waals surface area contributed by atoms with E-state index in [2.05, 4.69) is 0 Å². The topological polar surface area (TPSA) is 91.8 Å². The minimum absolute atomic E-state index is 0.0590. The molecule has 132 valence electrons. The molecule has 2 N–H and O–H groups in total. The number of furan rings is 1. The molecule has 0 radical (unpaired) electrons. The van der Waals surface area contributed by atoms with Crippen LogP contribution in [0, 0.1) is 0 Å². The molecule has 2 unspecified atom stereocenters. The largest absolute Gasteiger partial charge is 0.493 e. The Bertz CT molecular complexity index is 1010. The van der Waals surface area contributed by atoms with Crippen LogP contribution in [0.3, 0.4) is 0 Å². The van der Waals surface area contributed by atoms with Gasteiger partial charge in [-0.3, -0.25) is 4.79 Å². The number of esters is 1. The van der Waals surface area contributed by atoms with Crippen molar-refractivity contribution in [3.05, 3.63) is 65.4 Å². The van der Waals surface area contributed by atoms with Gasteiger partial charge in [0.25, 0.3) is 0 Å². The molecule has 0 bridgehead atoms. The standard InChI is InChI=1S/C20H17NO5/c1-24-14-8-4-6-12-10-16(25-18(12)14)20(23)26-15-9-11-5-2-3-7-13(11)17(15)19(21)22/h2-8,10,15,17H,9H2,1H3,(H2,21,22). The lowest BCUT2D eigenvalue weighted by molar-refractivity contribution is -0.121. The van der Waals surface area contributed by atoms with Gasteiger partial charge < -0.3 is 19.6 Å². The molecule has 3 aromatic rings. The first-order chi connectivity index (χ1) is 12.6. The molecule has 0 saturated heterocycles. The normalized spacial score (nSPS) is 18.5. The Balaban J connectivity index is 1.61. The van der Waals surface area contributed by atoms with Gasteiger partial charge in [-0.2, -0.15) is 0 Å². The molecule has 2 atom stereocenters. The lowest BCUT2D eigenvalue weighted by atomic mass is 9.99. The molecule has 4 rings (SSSR count). The number of amides is 1. The summed E-state index contributed by atoms with van der Waals surface area (Å²) >= 11 is 0. The fraction of sp³-hybridized carbons (Fsp3) is 0.200. The molecule has 0 aliphatic heterocycles. The van der Waals surface area contributed by atoms with Gasteiger partial charge in [0.2, 0.25) is 11.7 Å². The summed E-state index contributed by atoms with van der Waals surface area (Å²) in [4.78, 5) is 24.5. The molecule has 1 heterocycles. The van der Waals surface area contributed by atoms with Crippen LogP contribution in [0.4, 0.5) is 0 Å². The predicted molar refractivity (Wildman–Crippen MR) is 94.1 cm³/mol. The Kier molecular flexibility index (Phi) is 3.88. The van der Waals surface area contributed by atoms with E-state index < -0.39 is 23.9 Å². The van der Waals surface area contributed by atoms with Crippen molar-refractivity contribution < 1.29 is 23.5 Å². The van der Waals surface area contributed by atoms with Gasteiger partial charge in [-0.1, -0.05) is 36.4 Å². The van der Waals surface area contributed by atoms with Crippen LogP contribution in [0.2, 0.25) is 0 Å². The minimum atomic E-state index is -0.658. The molecule has 6 heteroatoms. The molecule has 1 aliphatic carbocycles. The van der Waals surface area contributed by atoms with Gasteiger partial charge >= 0.3 is 5.97 Å². The summed E-state index contributed by atoms with van der Waals surface area (Å²) < 4.78 is 16.4. The van der Waals surface area contributed by atoms with Crippen molar-refractivity contribution in [2.24, 2.45) is 5.73 Å². The molecular formula is C20H17NO5. The number of primary amides is 1. The Morgan fingerprint density at radius 3 is 2.73 bits per heavy atom. The average molecular weight is 351 g/mol. The quantitative estimate of drug-likeness (QED) is 0.730. The van der Waals surface area contributed by atoms with E-state index in [1.807, 2.05) is 36.4 Å². The fourth-order valence-corrected chi connectivity index (χ4v) is 3.50. The summed E-state index contributed by atoms with van der Waals surface area (Å²) in [5.41, 5.74) is 7.79. The van der Waals surface area contributed by atoms with Gasteiger partial charge in [-0.25, -0.2) is 4.79 Å². The zero-order chi connectivity index (χ0) is 18.3. The second kappa shape index (κ2) is 6.22. The van der Waals surface area contributed by atoms with Crippen molar-refractivity contribution >= 4 is 22.8 Å². The molecule has 1 aliphatic rings.